The van der Waals surface area contributed by atoms with Crippen LogP contribution in [0.4, 0.5) is 0 Å². The summed E-state index contributed by atoms with van der Waals surface area (Å²) in [5, 5.41) is 8.42. The molecule has 0 bridgehead atoms. The third-order valence-corrected chi connectivity index (χ3v) is 1.96. The van der Waals surface area contributed by atoms with Crippen molar-refractivity contribution in [3.63, 3.8) is 0 Å². The highest BCUT2D eigenvalue weighted by atomic mass is 16.1. The summed E-state index contributed by atoms with van der Waals surface area (Å²) in [6.45, 7) is 4.26. The largest absolute Gasteiger partial charge is 0.298 e. The second-order valence-corrected chi connectivity index (χ2v) is 3.02. The van der Waals surface area contributed by atoms with Gasteiger partial charge in [0.15, 0.2) is 0 Å². The summed E-state index contributed by atoms with van der Waals surface area (Å²) in [4.78, 5) is 12.9. The first-order valence-corrected chi connectivity index (χ1v) is 4.20. The van der Waals surface area contributed by atoms with Crippen molar-refractivity contribution in [2.45, 2.75) is 32.7 Å². The highest BCUT2D eigenvalue weighted by molar-refractivity contribution is 5.80. The number of hydrogen-bond donors (Lipinski definition) is 0. The van der Waals surface area contributed by atoms with Gasteiger partial charge in [0.1, 0.15) is 5.78 Å². The Hall–Kier alpha value is -0.880. The van der Waals surface area contributed by atoms with Gasteiger partial charge in [-0.25, -0.2) is 0 Å². The molecular weight excluding hydrogens is 152 g/mol. The third-order valence-electron chi connectivity index (χ3n) is 1.96. The number of rotatable bonds is 5. The predicted octanol–water partition coefficient (Wildman–Crippen LogP) is 1.20. The molecular formula is C9H16N2O. The van der Waals surface area contributed by atoms with Crippen LogP contribution < -0.4 is 0 Å². The van der Waals surface area contributed by atoms with E-state index in [9.17, 15) is 4.79 Å². The van der Waals surface area contributed by atoms with Gasteiger partial charge < -0.3 is 0 Å². The molecule has 3 nitrogen and oxygen atoms in total. The lowest BCUT2D eigenvalue weighted by Gasteiger charge is -2.21. The van der Waals surface area contributed by atoms with Crippen LogP contribution in [0.3, 0.4) is 0 Å². The van der Waals surface area contributed by atoms with E-state index in [4.69, 9.17) is 5.26 Å². The summed E-state index contributed by atoms with van der Waals surface area (Å²) in [5.41, 5.74) is 0. The molecule has 0 fully saturated rings. The molecule has 0 amide bonds. The normalized spacial score (nSPS) is 12.6. The van der Waals surface area contributed by atoms with E-state index in [0.717, 1.165) is 0 Å². The molecule has 0 aliphatic heterocycles. The van der Waals surface area contributed by atoms with Gasteiger partial charge in [0.05, 0.1) is 19.0 Å². The Morgan fingerprint density at radius 3 is 2.67 bits per heavy atom. The van der Waals surface area contributed by atoms with Crippen LogP contribution >= 0.6 is 0 Å². The Kier molecular flexibility index (Phi) is 5.31. The average molecular weight is 168 g/mol. The van der Waals surface area contributed by atoms with Crippen molar-refractivity contribution >= 4 is 5.78 Å². The van der Waals surface area contributed by atoms with E-state index in [1.54, 1.807) is 0 Å². The minimum Gasteiger partial charge on any atom is -0.298 e. The van der Waals surface area contributed by atoms with Gasteiger partial charge in [0, 0.05) is 12.5 Å². The van der Waals surface area contributed by atoms with E-state index in [1.807, 2.05) is 25.8 Å². The van der Waals surface area contributed by atoms with Gasteiger partial charge in [0.25, 0.3) is 0 Å². The number of Topliss-reactive ketones (excluding diaryl/α,β-unsaturated/α-hetero) is 1. The molecule has 0 aliphatic carbocycles. The Morgan fingerprint density at radius 2 is 2.25 bits per heavy atom. The molecule has 0 rings (SSSR count). The SMILES string of the molecule is CCC(=O)CN(C)C(C)CC#N. The van der Waals surface area contributed by atoms with Crippen LogP contribution in [0.25, 0.3) is 0 Å². The Bertz CT molecular complexity index is 183. The monoisotopic (exact) mass is 168 g/mol. The van der Waals surface area contributed by atoms with E-state index in [-0.39, 0.29) is 11.8 Å². The summed E-state index contributed by atoms with van der Waals surface area (Å²) < 4.78 is 0. The van der Waals surface area contributed by atoms with E-state index in [2.05, 4.69) is 6.07 Å². The van der Waals surface area contributed by atoms with Crippen LogP contribution in [-0.2, 0) is 4.79 Å². The second-order valence-electron chi connectivity index (χ2n) is 3.02. The molecule has 1 atom stereocenters. The van der Waals surface area contributed by atoms with Gasteiger partial charge in [-0.05, 0) is 14.0 Å². The number of likely N-dealkylation sites (N-methyl/N-ethyl adjacent to an activating group) is 1. The summed E-state index contributed by atoms with van der Waals surface area (Å²) in [7, 11) is 1.87. The first-order valence-electron chi connectivity index (χ1n) is 4.20. The first-order chi connectivity index (χ1) is 5.61. The summed E-state index contributed by atoms with van der Waals surface area (Å²) in [6.07, 6.45) is 1.05. The van der Waals surface area contributed by atoms with Crippen LogP contribution in [0.15, 0.2) is 0 Å². The molecule has 3 heteroatoms. The summed E-state index contributed by atoms with van der Waals surface area (Å²) in [6, 6.07) is 2.26. The van der Waals surface area contributed by atoms with E-state index >= 15 is 0 Å². The van der Waals surface area contributed by atoms with E-state index in [1.165, 1.54) is 0 Å². The zero-order chi connectivity index (χ0) is 9.56. The van der Waals surface area contributed by atoms with Crippen LogP contribution in [-0.4, -0.2) is 30.3 Å². The fourth-order valence-corrected chi connectivity index (χ4v) is 0.834. The van der Waals surface area contributed by atoms with Gasteiger partial charge >= 0.3 is 0 Å². The topological polar surface area (TPSA) is 44.1 Å². The highest BCUT2D eigenvalue weighted by Gasteiger charge is 2.10. The zero-order valence-electron chi connectivity index (χ0n) is 8.00. The van der Waals surface area contributed by atoms with Crippen LogP contribution in [0.1, 0.15) is 26.7 Å². The van der Waals surface area contributed by atoms with Gasteiger partial charge in [0.2, 0.25) is 0 Å². The molecule has 0 saturated heterocycles. The van der Waals surface area contributed by atoms with E-state index < -0.39 is 0 Å². The highest BCUT2D eigenvalue weighted by Crippen LogP contribution is 1.99. The first kappa shape index (κ1) is 11.1. The van der Waals surface area contributed by atoms with E-state index in [0.29, 0.717) is 19.4 Å². The number of carbonyl (C=O) groups is 1. The third kappa shape index (κ3) is 4.09. The molecule has 0 N–H and O–H groups in total. The van der Waals surface area contributed by atoms with Crippen LogP contribution in [0.2, 0.25) is 0 Å². The van der Waals surface area contributed by atoms with Gasteiger partial charge in [-0.15, -0.1) is 0 Å². The maximum Gasteiger partial charge on any atom is 0.146 e. The van der Waals surface area contributed by atoms with Gasteiger partial charge in [-0.3, -0.25) is 9.69 Å². The molecule has 0 aromatic rings. The number of ketones is 1. The van der Waals surface area contributed by atoms with Crippen molar-refractivity contribution in [2.75, 3.05) is 13.6 Å². The lowest BCUT2D eigenvalue weighted by molar-refractivity contribution is -0.120. The molecule has 1 unspecified atom stereocenters. The number of hydrogen-bond acceptors (Lipinski definition) is 3. The van der Waals surface area contributed by atoms with Crippen molar-refractivity contribution in [1.82, 2.24) is 4.90 Å². The number of nitrogens with zero attached hydrogens (tertiary/aromatic N) is 2. The van der Waals surface area contributed by atoms with Crippen LogP contribution in [0.5, 0.6) is 0 Å². The lowest BCUT2D eigenvalue weighted by atomic mass is 10.2. The Morgan fingerprint density at radius 1 is 1.67 bits per heavy atom. The molecule has 0 heterocycles. The van der Waals surface area contributed by atoms with Crippen molar-refractivity contribution in [3.8, 4) is 6.07 Å². The Balaban J connectivity index is 3.79. The van der Waals surface area contributed by atoms with Crippen molar-refractivity contribution in [1.29, 1.82) is 5.26 Å². The maximum absolute atomic E-state index is 11.0. The smallest absolute Gasteiger partial charge is 0.146 e. The molecule has 0 aromatic heterocycles. The molecule has 0 spiro atoms. The number of carbonyl (C=O) groups excluding carboxylic acids is 1. The minimum absolute atomic E-state index is 0.172. The maximum atomic E-state index is 11.0. The van der Waals surface area contributed by atoms with Gasteiger partial charge in [-0.1, -0.05) is 6.92 Å². The summed E-state index contributed by atoms with van der Waals surface area (Å²) in [5.74, 6) is 0.224. The molecule has 0 radical (unpaired) electrons. The van der Waals surface area contributed by atoms with Crippen molar-refractivity contribution < 1.29 is 4.79 Å². The quantitative estimate of drug-likeness (QED) is 0.619. The standard InChI is InChI=1S/C9H16N2O/c1-4-9(12)7-11(3)8(2)5-6-10/h8H,4-5,7H2,1-3H3. The number of nitriles is 1. The molecule has 0 saturated carbocycles. The fraction of sp³-hybridized carbons (Fsp3) is 0.778. The zero-order valence-corrected chi connectivity index (χ0v) is 8.00. The molecule has 12 heavy (non-hydrogen) atoms. The lowest BCUT2D eigenvalue weighted by Crippen LogP contribution is -2.33. The Labute approximate surface area is 74.0 Å². The van der Waals surface area contributed by atoms with Gasteiger partial charge in [-0.2, -0.15) is 5.26 Å². The van der Waals surface area contributed by atoms with Crippen LogP contribution in [0, 0.1) is 11.3 Å². The molecule has 0 aliphatic rings. The molecule has 68 valence electrons. The minimum atomic E-state index is 0.172. The second kappa shape index (κ2) is 5.73. The molecule has 0 aromatic carbocycles. The summed E-state index contributed by atoms with van der Waals surface area (Å²) >= 11 is 0. The average Bonchev–Trinajstić information content (AvgIpc) is 2.04. The van der Waals surface area contributed by atoms with Crippen molar-refractivity contribution in [3.05, 3.63) is 0 Å². The fourth-order valence-electron chi connectivity index (χ4n) is 0.834. The van der Waals surface area contributed by atoms with Crippen molar-refractivity contribution in [2.24, 2.45) is 0 Å². The predicted molar refractivity (Wildman–Crippen MR) is 47.6 cm³/mol.